The maximum absolute atomic E-state index is 11.8. The Hall–Kier alpha value is -2.37. The Labute approximate surface area is 129 Å². The Morgan fingerprint density at radius 3 is 2.77 bits per heavy atom. The molecule has 3 rings (SSSR count). The van der Waals surface area contributed by atoms with Crippen molar-refractivity contribution in [2.24, 2.45) is 0 Å². The number of aromatic nitrogens is 3. The van der Waals surface area contributed by atoms with Crippen molar-refractivity contribution in [1.29, 1.82) is 0 Å². The van der Waals surface area contributed by atoms with Crippen LogP contribution in [-0.2, 0) is 22.4 Å². The zero-order valence-electron chi connectivity index (χ0n) is 12.8. The third-order valence-electron chi connectivity index (χ3n) is 3.91. The van der Waals surface area contributed by atoms with Gasteiger partial charge in [-0.05, 0) is 30.5 Å². The van der Waals surface area contributed by atoms with Crippen molar-refractivity contribution in [1.82, 2.24) is 14.8 Å². The number of esters is 1. The maximum atomic E-state index is 11.8. The number of hydrogen-bond donors (Lipinski definition) is 0. The number of hydrogen-bond acceptors (Lipinski definition) is 5. The molecule has 1 aromatic heterocycles. The molecule has 0 spiro atoms. The van der Waals surface area contributed by atoms with E-state index < -0.39 is 0 Å². The van der Waals surface area contributed by atoms with Crippen LogP contribution in [0.1, 0.15) is 36.1 Å². The summed E-state index contributed by atoms with van der Waals surface area (Å²) >= 11 is 0. The van der Waals surface area contributed by atoms with E-state index in [0.717, 1.165) is 42.2 Å². The summed E-state index contributed by atoms with van der Waals surface area (Å²) in [4.78, 5) is 16.4. The lowest BCUT2D eigenvalue weighted by molar-refractivity contribution is -0.145. The molecule has 0 radical (unpaired) electrons. The molecule has 6 heteroatoms. The average Bonchev–Trinajstić information content (AvgIpc) is 2.97. The van der Waals surface area contributed by atoms with Crippen LogP contribution in [0.3, 0.4) is 0 Å². The second-order valence-corrected chi connectivity index (χ2v) is 5.34. The third-order valence-corrected chi connectivity index (χ3v) is 3.91. The lowest BCUT2D eigenvalue weighted by Crippen LogP contribution is -2.27. The number of fused-ring (bicyclic) bond motifs is 1. The highest BCUT2D eigenvalue weighted by Crippen LogP contribution is 2.24. The summed E-state index contributed by atoms with van der Waals surface area (Å²) in [5.74, 6) is 2.18. The maximum Gasteiger partial charge on any atom is 0.330 e. The molecule has 1 unspecified atom stereocenters. The predicted octanol–water partition coefficient (Wildman–Crippen LogP) is 1.93. The fraction of sp³-hybridized carbons (Fsp3) is 0.438. The van der Waals surface area contributed by atoms with Crippen LogP contribution in [0.4, 0.5) is 0 Å². The molecule has 0 amide bonds. The van der Waals surface area contributed by atoms with Crippen LogP contribution in [0.5, 0.6) is 5.75 Å². The van der Waals surface area contributed by atoms with Crippen molar-refractivity contribution in [2.75, 3.05) is 14.2 Å². The van der Waals surface area contributed by atoms with Crippen LogP contribution in [0.2, 0.25) is 0 Å². The van der Waals surface area contributed by atoms with E-state index in [2.05, 4.69) is 10.1 Å². The summed E-state index contributed by atoms with van der Waals surface area (Å²) in [7, 11) is 3.05. The molecule has 1 atom stereocenters. The quantitative estimate of drug-likeness (QED) is 0.807. The van der Waals surface area contributed by atoms with Crippen molar-refractivity contribution in [3.63, 3.8) is 0 Å². The van der Waals surface area contributed by atoms with Gasteiger partial charge in [0.15, 0.2) is 11.9 Å². The number of methoxy groups -OCH3 is 2. The number of carbonyl (C=O) groups is 1. The van der Waals surface area contributed by atoms with E-state index in [4.69, 9.17) is 9.47 Å². The Bertz CT molecular complexity index is 664. The molecule has 0 aliphatic carbocycles. The van der Waals surface area contributed by atoms with Gasteiger partial charge < -0.3 is 9.47 Å². The Morgan fingerprint density at radius 1 is 1.32 bits per heavy atom. The first-order valence-corrected chi connectivity index (χ1v) is 7.36. The van der Waals surface area contributed by atoms with Gasteiger partial charge in [0.2, 0.25) is 0 Å². The molecular weight excluding hydrogens is 282 g/mol. The van der Waals surface area contributed by atoms with Crippen LogP contribution >= 0.6 is 0 Å². The number of nitrogens with zero attached hydrogens (tertiary/aromatic N) is 3. The summed E-state index contributed by atoms with van der Waals surface area (Å²) in [6.45, 7) is 0. The highest BCUT2D eigenvalue weighted by atomic mass is 16.5. The first-order chi connectivity index (χ1) is 10.7. The van der Waals surface area contributed by atoms with Crippen LogP contribution in [0, 0.1) is 0 Å². The first-order valence-electron chi connectivity index (χ1n) is 7.36. The highest BCUT2D eigenvalue weighted by Gasteiger charge is 2.29. The van der Waals surface area contributed by atoms with Gasteiger partial charge in [-0.3, -0.25) is 0 Å². The summed E-state index contributed by atoms with van der Waals surface area (Å²) < 4.78 is 11.7. The molecule has 1 aliphatic heterocycles. The molecule has 2 heterocycles. The SMILES string of the molecule is COC(=O)C1CCCc2nc(Cc3ccc(OC)cc3)nn21. The van der Waals surface area contributed by atoms with E-state index in [1.807, 2.05) is 24.3 Å². The molecule has 1 aromatic carbocycles. The number of benzene rings is 1. The standard InChI is InChI=1S/C16H19N3O3/c1-21-12-8-6-11(7-9-12)10-14-17-15-5-3-4-13(16(20)22-2)19(15)18-14/h6-9,13H,3-5,10H2,1-2H3. The molecule has 0 saturated carbocycles. The number of rotatable bonds is 4. The zero-order valence-corrected chi connectivity index (χ0v) is 12.8. The molecule has 22 heavy (non-hydrogen) atoms. The van der Waals surface area contributed by atoms with Gasteiger partial charge in [0.25, 0.3) is 0 Å². The van der Waals surface area contributed by atoms with Crippen molar-refractivity contribution in [3.8, 4) is 5.75 Å². The van der Waals surface area contributed by atoms with E-state index in [1.165, 1.54) is 7.11 Å². The molecule has 0 N–H and O–H groups in total. The van der Waals surface area contributed by atoms with E-state index in [9.17, 15) is 4.79 Å². The second kappa shape index (κ2) is 6.17. The lowest BCUT2D eigenvalue weighted by atomic mass is 10.1. The largest absolute Gasteiger partial charge is 0.497 e. The summed E-state index contributed by atoms with van der Waals surface area (Å²) in [6, 6.07) is 7.49. The first kappa shape index (κ1) is 14.6. The minimum absolute atomic E-state index is 0.248. The fourth-order valence-corrected chi connectivity index (χ4v) is 2.76. The van der Waals surface area contributed by atoms with Gasteiger partial charge in [-0.15, -0.1) is 0 Å². The van der Waals surface area contributed by atoms with Gasteiger partial charge in [-0.2, -0.15) is 5.10 Å². The van der Waals surface area contributed by atoms with Crippen LogP contribution < -0.4 is 4.74 Å². The van der Waals surface area contributed by atoms with Crippen LogP contribution in [0.15, 0.2) is 24.3 Å². The van der Waals surface area contributed by atoms with E-state index in [1.54, 1.807) is 11.8 Å². The molecule has 0 fully saturated rings. The Morgan fingerprint density at radius 2 is 2.09 bits per heavy atom. The van der Waals surface area contributed by atoms with E-state index in [0.29, 0.717) is 6.42 Å². The highest BCUT2D eigenvalue weighted by molar-refractivity contribution is 5.74. The number of carbonyl (C=O) groups excluding carboxylic acids is 1. The summed E-state index contributed by atoms with van der Waals surface area (Å²) in [5, 5.41) is 4.51. The molecule has 0 saturated heterocycles. The van der Waals surface area contributed by atoms with Gasteiger partial charge in [-0.25, -0.2) is 14.5 Å². The predicted molar refractivity (Wildman–Crippen MR) is 79.8 cm³/mol. The topological polar surface area (TPSA) is 66.2 Å². The van der Waals surface area contributed by atoms with Gasteiger partial charge in [-0.1, -0.05) is 12.1 Å². The number of ether oxygens (including phenoxy) is 2. The minimum atomic E-state index is -0.342. The normalized spacial score (nSPS) is 16.9. The summed E-state index contributed by atoms with van der Waals surface area (Å²) in [5.41, 5.74) is 1.11. The molecule has 2 aromatic rings. The molecule has 116 valence electrons. The molecular formula is C16H19N3O3. The number of aryl methyl sites for hydroxylation is 1. The van der Waals surface area contributed by atoms with Crippen molar-refractivity contribution >= 4 is 5.97 Å². The minimum Gasteiger partial charge on any atom is -0.497 e. The van der Waals surface area contributed by atoms with Gasteiger partial charge in [0, 0.05) is 12.8 Å². The Kier molecular flexibility index (Phi) is 4.09. The monoisotopic (exact) mass is 301 g/mol. The Balaban J connectivity index is 1.81. The third kappa shape index (κ3) is 2.81. The lowest BCUT2D eigenvalue weighted by Gasteiger charge is -2.20. The van der Waals surface area contributed by atoms with Crippen molar-refractivity contribution in [2.45, 2.75) is 31.7 Å². The second-order valence-electron chi connectivity index (χ2n) is 5.34. The van der Waals surface area contributed by atoms with Gasteiger partial charge in [0.1, 0.15) is 11.6 Å². The van der Waals surface area contributed by atoms with Crippen molar-refractivity contribution in [3.05, 3.63) is 41.5 Å². The van der Waals surface area contributed by atoms with E-state index in [-0.39, 0.29) is 12.0 Å². The van der Waals surface area contributed by atoms with Crippen molar-refractivity contribution < 1.29 is 14.3 Å². The zero-order chi connectivity index (χ0) is 15.5. The molecule has 0 bridgehead atoms. The van der Waals surface area contributed by atoms with Crippen LogP contribution in [0.25, 0.3) is 0 Å². The smallest absolute Gasteiger partial charge is 0.330 e. The molecule has 6 nitrogen and oxygen atoms in total. The van der Waals surface area contributed by atoms with Gasteiger partial charge >= 0.3 is 5.97 Å². The average molecular weight is 301 g/mol. The van der Waals surface area contributed by atoms with E-state index >= 15 is 0 Å². The molecule has 1 aliphatic rings. The van der Waals surface area contributed by atoms with Crippen LogP contribution in [-0.4, -0.2) is 35.0 Å². The summed E-state index contributed by atoms with van der Waals surface area (Å²) in [6.07, 6.45) is 3.17. The fourth-order valence-electron chi connectivity index (χ4n) is 2.76. The van der Waals surface area contributed by atoms with Gasteiger partial charge in [0.05, 0.1) is 14.2 Å².